The highest BCUT2D eigenvalue weighted by Crippen LogP contribution is 2.29. The Labute approximate surface area is 189 Å². The van der Waals surface area contributed by atoms with Crippen molar-refractivity contribution in [3.05, 3.63) is 94.0 Å². The number of halogens is 1. The number of nitrogens with zero attached hydrogens (tertiary/aromatic N) is 2. The molecule has 0 aromatic heterocycles. The Hall–Kier alpha value is -2.62. The molecular weight excluding hydrogens is 404 g/mol. The summed E-state index contributed by atoms with van der Waals surface area (Å²) in [6.45, 7) is 4.92. The monoisotopic (exact) mass is 430 g/mol. The van der Waals surface area contributed by atoms with Gasteiger partial charge in [0.2, 0.25) is 0 Å². The maximum absolute atomic E-state index is 12.9. The van der Waals surface area contributed by atoms with Crippen molar-refractivity contribution < 1.29 is 4.79 Å². The Balaban J connectivity index is 1.21. The highest BCUT2D eigenvalue weighted by Gasteiger charge is 2.27. The van der Waals surface area contributed by atoms with Crippen LogP contribution in [0.1, 0.15) is 39.9 Å². The highest BCUT2D eigenvalue weighted by molar-refractivity contribution is 6.30. The summed E-state index contributed by atoms with van der Waals surface area (Å²) >= 11 is 6.01. The summed E-state index contributed by atoms with van der Waals surface area (Å²) in [5.74, 6) is 0.142. The van der Waals surface area contributed by atoms with Crippen molar-refractivity contribution in [3.63, 3.8) is 0 Å². The molecule has 2 heterocycles. The Morgan fingerprint density at radius 3 is 2.23 bits per heavy atom. The largest absolute Gasteiger partial charge is 0.334 e. The zero-order chi connectivity index (χ0) is 21.2. The standard InChI is InChI=1S/C27H27ClN2O/c28-25-10-7-22(8-11-25)23-9-12-26-24(17-23)19-30(27(26)31)16-13-20-3-5-21(6-4-20)18-29-14-1-2-15-29/h3-12,17H,1-2,13-16,18-19H2. The molecule has 158 valence electrons. The number of amides is 1. The third-order valence-corrected chi connectivity index (χ3v) is 6.71. The quantitative estimate of drug-likeness (QED) is 0.493. The third-order valence-electron chi connectivity index (χ3n) is 6.46. The minimum absolute atomic E-state index is 0.142. The first-order valence-electron chi connectivity index (χ1n) is 11.1. The van der Waals surface area contributed by atoms with Crippen LogP contribution in [0, 0.1) is 0 Å². The molecule has 3 aromatic rings. The highest BCUT2D eigenvalue weighted by atomic mass is 35.5. The minimum atomic E-state index is 0.142. The topological polar surface area (TPSA) is 23.6 Å². The number of carbonyl (C=O) groups is 1. The van der Waals surface area contributed by atoms with E-state index in [1.165, 1.54) is 37.1 Å². The lowest BCUT2D eigenvalue weighted by Gasteiger charge is -2.16. The van der Waals surface area contributed by atoms with E-state index in [0.717, 1.165) is 46.8 Å². The molecule has 0 atom stereocenters. The Morgan fingerprint density at radius 2 is 1.48 bits per heavy atom. The first kappa shape index (κ1) is 20.3. The summed E-state index contributed by atoms with van der Waals surface area (Å²) in [7, 11) is 0. The average Bonchev–Trinajstić information content (AvgIpc) is 3.41. The van der Waals surface area contributed by atoms with Crippen molar-refractivity contribution in [2.24, 2.45) is 0 Å². The fourth-order valence-electron chi connectivity index (χ4n) is 4.66. The summed E-state index contributed by atoms with van der Waals surface area (Å²) in [6, 6.07) is 22.9. The molecule has 4 heteroatoms. The lowest BCUT2D eigenvalue weighted by Crippen LogP contribution is -2.26. The predicted molar refractivity (Wildman–Crippen MR) is 126 cm³/mol. The van der Waals surface area contributed by atoms with Crippen LogP contribution in [0.25, 0.3) is 11.1 Å². The van der Waals surface area contributed by atoms with Crippen LogP contribution >= 0.6 is 11.6 Å². The number of hydrogen-bond donors (Lipinski definition) is 0. The van der Waals surface area contributed by atoms with Gasteiger partial charge < -0.3 is 4.90 Å². The lowest BCUT2D eigenvalue weighted by molar-refractivity contribution is 0.0780. The average molecular weight is 431 g/mol. The Morgan fingerprint density at radius 1 is 0.806 bits per heavy atom. The zero-order valence-corrected chi connectivity index (χ0v) is 18.4. The van der Waals surface area contributed by atoms with Gasteiger partial charge in [-0.2, -0.15) is 0 Å². The Kier molecular flexibility index (Phi) is 5.80. The molecule has 1 saturated heterocycles. The normalized spacial score (nSPS) is 16.2. The van der Waals surface area contributed by atoms with E-state index in [4.69, 9.17) is 11.6 Å². The molecule has 0 unspecified atom stereocenters. The van der Waals surface area contributed by atoms with Crippen molar-refractivity contribution in [2.75, 3.05) is 19.6 Å². The molecule has 2 aliphatic rings. The minimum Gasteiger partial charge on any atom is -0.334 e. The molecule has 3 aromatic carbocycles. The molecule has 1 amide bonds. The zero-order valence-electron chi connectivity index (χ0n) is 17.7. The second-order valence-electron chi connectivity index (χ2n) is 8.66. The van der Waals surface area contributed by atoms with Crippen molar-refractivity contribution in [2.45, 2.75) is 32.4 Å². The summed E-state index contributed by atoms with van der Waals surface area (Å²) in [5.41, 5.74) is 6.85. The first-order chi connectivity index (χ1) is 15.2. The van der Waals surface area contributed by atoms with Gasteiger partial charge in [-0.15, -0.1) is 0 Å². The van der Waals surface area contributed by atoms with Crippen LogP contribution in [0.5, 0.6) is 0 Å². The number of fused-ring (bicyclic) bond motifs is 1. The smallest absolute Gasteiger partial charge is 0.254 e. The summed E-state index contributed by atoms with van der Waals surface area (Å²) in [6.07, 6.45) is 3.53. The fraction of sp³-hybridized carbons (Fsp3) is 0.296. The van der Waals surface area contributed by atoms with Gasteiger partial charge in [-0.1, -0.05) is 54.1 Å². The van der Waals surface area contributed by atoms with Gasteiger partial charge in [0.05, 0.1) is 0 Å². The van der Waals surface area contributed by atoms with Gasteiger partial charge >= 0.3 is 0 Å². The van der Waals surface area contributed by atoms with E-state index in [1.807, 2.05) is 41.3 Å². The van der Waals surface area contributed by atoms with Crippen LogP contribution in [-0.2, 0) is 19.5 Å². The van der Waals surface area contributed by atoms with E-state index in [9.17, 15) is 4.79 Å². The molecule has 31 heavy (non-hydrogen) atoms. The van der Waals surface area contributed by atoms with Gasteiger partial charge in [-0.05, 0) is 84.4 Å². The maximum Gasteiger partial charge on any atom is 0.254 e. The molecule has 5 rings (SSSR count). The number of hydrogen-bond acceptors (Lipinski definition) is 2. The van der Waals surface area contributed by atoms with Crippen LogP contribution in [0.4, 0.5) is 0 Å². The molecule has 0 N–H and O–H groups in total. The van der Waals surface area contributed by atoms with E-state index in [0.29, 0.717) is 6.54 Å². The number of benzene rings is 3. The van der Waals surface area contributed by atoms with Gasteiger partial charge in [0.1, 0.15) is 0 Å². The van der Waals surface area contributed by atoms with Crippen LogP contribution in [0.15, 0.2) is 66.7 Å². The first-order valence-corrected chi connectivity index (χ1v) is 11.5. The van der Waals surface area contributed by atoms with E-state index < -0.39 is 0 Å². The molecule has 3 nitrogen and oxygen atoms in total. The van der Waals surface area contributed by atoms with Crippen molar-refractivity contribution in [3.8, 4) is 11.1 Å². The molecule has 0 spiro atoms. The molecule has 1 fully saturated rings. The molecule has 0 aliphatic carbocycles. The van der Waals surface area contributed by atoms with Crippen LogP contribution in [-0.4, -0.2) is 35.3 Å². The summed E-state index contributed by atoms with van der Waals surface area (Å²) in [4.78, 5) is 17.3. The van der Waals surface area contributed by atoms with Crippen LogP contribution in [0.2, 0.25) is 5.02 Å². The Bertz CT molecular complexity index is 1070. The SMILES string of the molecule is O=C1c2ccc(-c3ccc(Cl)cc3)cc2CN1CCc1ccc(CN2CCCC2)cc1. The van der Waals surface area contributed by atoms with Crippen LogP contribution in [0.3, 0.4) is 0 Å². The third kappa shape index (κ3) is 4.53. The van der Waals surface area contributed by atoms with E-state index in [2.05, 4.69) is 35.2 Å². The predicted octanol–water partition coefficient (Wildman–Crippen LogP) is 5.80. The van der Waals surface area contributed by atoms with E-state index in [1.54, 1.807) is 0 Å². The second kappa shape index (κ2) is 8.86. The second-order valence-corrected chi connectivity index (χ2v) is 9.09. The van der Waals surface area contributed by atoms with E-state index >= 15 is 0 Å². The summed E-state index contributed by atoms with van der Waals surface area (Å²) < 4.78 is 0. The summed E-state index contributed by atoms with van der Waals surface area (Å²) in [5, 5.41) is 0.732. The van der Waals surface area contributed by atoms with Gasteiger partial charge in [0.15, 0.2) is 0 Å². The van der Waals surface area contributed by atoms with Gasteiger partial charge in [0.25, 0.3) is 5.91 Å². The molecule has 0 saturated carbocycles. The van der Waals surface area contributed by atoms with Crippen LogP contribution < -0.4 is 0 Å². The van der Waals surface area contributed by atoms with Crippen molar-refractivity contribution >= 4 is 17.5 Å². The van der Waals surface area contributed by atoms with Gasteiger partial charge in [-0.3, -0.25) is 9.69 Å². The van der Waals surface area contributed by atoms with Crippen molar-refractivity contribution in [1.82, 2.24) is 9.80 Å². The van der Waals surface area contributed by atoms with Gasteiger partial charge in [0, 0.05) is 30.2 Å². The number of likely N-dealkylation sites (tertiary alicyclic amines) is 1. The molecular formula is C27H27ClN2O. The molecule has 0 radical (unpaired) electrons. The molecule has 2 aliphatic heterocycles. The van der Waals surface area contributed by atoms with Crippen molar-refractivity contribution in [1.29, 1.82) is 0 Å². The molecule has 0 bridgehead atoms. The van der Waals surface area contributed by atoms with E-state index in [-0.39, 0.29) is 5.91 Å². The maximum atomic E-state index is 12.9. The van der Waals surface area contributed by atoms with Gasteiger partial charge in [-0.25, -0.2) is 0 Å². The number of carbonyl (C=O) groups excluding carboxylic acids is 1. The fourth-order valence-corrected chi connectivity index (χ4v) is 4.78. The lowest BCUT2D eigenvalue weighted by atomic mass is 10.0. The number of rotatable bonds is 6.